The minimum atomic E-state index is -1.24. The molecule has 0 bridgehead atoms. The van der Waals surface area contributed by atoms with Crippen molar-refractivity contribution in [3.8, 4) is 0 Å². The molecule has 1 aromatic heterocycles. The van der Waals surface area contributed by atoms with Crippen LogP contribution >= 0.6 is 23.1 Å². The van der Waals surface area contributed by atoms with Crippen molar-refractivity contribution in [2.24, 2.45) is 5.16 Å². The van der Waals surface area contributed by atoms with Crippen LogP contribution in [0.5, 0.6) is 0 Å². The molecule has 3 rings (SSSR count). The number of thioether (sulfide) groups is 1. The molecule has 13 nitrogen and oxygen atoms in total. The first kappa shape index (κ1) is 25.3. The molecule has 184 valence electrons. The van der Waals surface area contributed by atoms with E-state index in [9.17, 15) is 19.2 Å². The zero-order valence-electron chi connectivity index (χ0n) is 18.7. The first-order valence-electron chi connectivity index (χ1n) is 9.98. The minimum absolute atomic E-state index is 0.00928. The van der Waals surface area contributed by atoms with Gasteiger partial charge in [-0.3, -0.25) is 14.5 Å². The van der Waals surface area contributed by atoms with Crippen LogP contribution in [0, 0.1) is 0 Å². The van der Waals surface area contributed by atoms with Crippen molar-refractivity contribution in [3.05, 3.63) is 22.8 Å². The average molecular weight is 514 g/mol. The number of carbonyl (C=O) groups excluding carboxylic acids is 4. The normalized spacial score (nSPS) is 20.5. The lowest BCUT2D eigenvalue weighted by Crippen LogP contribution is -2.70. The topological polar surface area (TPSA) is 172 Å². The van der Waals surface area contributed by atoms with Crippen LogP contribution in [0.15, 0.2) is 22.3 Å². The highest BCUT2D eigenvalue weighted by Gasteiger charge is 2.53. The minimum Gasteiger partial charge on any atom is -0.431 e. The second kappa shape index (κ2) is 10.7. The van der Waals surface area contributed by atoms with Gasteiger partial charge in [0, 0.05) is 18.1 Å². The summed E-state index contributed by atoms with van der Waals surface area (Å²) in [4.78, 5) is 59.7. The van der Waals surface area contributed by atoms with Crippen molar-refractivity contribution < 1.29 is 38.2 Å². The van der Waals surface area contributed by atoms with Gasteiger partial charge in [-0.05, 0) is 19.9 Å². The van der Waals surface area contributed by atoms with E-state index in [2.05, 4.69) is 15.5 Å². The first-order valence-corrected chi connectivity index (χ1v) is 11.9. The number of esters is 1. The van der Waals surface area contributed by atoms with Crippen molar-refractivity contribution in [1.82, 2.24) is 15.2 Å². The third-order valence-electron chi connectivity index (χ3n) is 4.37. The van der Waals surface area contributed by atoms with Gasteiger partial charge in [0.1, 0.15) is 29.9 Å². The number of oxime groups is 1. The van der Waals surface area contributed by atoms with Crippen LogP contribution in [-0.2, 0) is 33.4 Å². The molecule has 1 aromatic rings. The number of amides is 2. The second-order valence-electron chi connectivity index (χ2n) is 7.17. The van der Waals surface area contributed by atoms with E-state index >= 15 is 0 Å². The molecule has 2 amide bonds. The van der Waals surface area contributed by atoms with Crippen molar-refractivity contribution >= 4 is 57.9 Å². The van der Waals surface area contributed by atoms with Gasteiger partial charge in [0.05, 0.1) is 6.10 Å². The number of fused-ring (bicyclic) bond motifs is 1. The number of aromatic nitrogens is 1. The Kier molecular flexibility index (Phi) is 7.98. The highest BCUT2D eigenvalue weighted by Crippen LogP contribution is 2.38. The number of nitrogens with one attached hydrogen (secondary N) is 1. The van der Waals surface area contributed by atoms with Crippen LogP contribution in [0.4, 0.5) is 9.93 Å². The molecule has 1 fully saturated rings. The number of β-lactam (4-membered cyclic amide) rings is 1. The van der Waals surface area contributed by atoms with E-state index in [1.54, 1.807) is 13.8 Å². The Balaban J connectivity index is 1.62. The van der Waals surface area contributed by atoms with E-state index < -0.39 is 47.7 Å². The second-order valence-corrected chi connectivity index (χ2v) is 9.21. The smallest absolute Gasteiger partial charge is 0.431 e. The van der Waals surface area contributed by atoms with Crippen molar-refractivity contribution in [2.75, 3.05) is 18.6 Å². The summed E-state index contributed by atoms with van der Waals surface area (Å²) in [7, 11) is 1.27. The first-order chi connectivity index (χ1) is 16.1. The largest absolute Gasteiger partial charge is 0.511 e. The van der Waals surface area contributed by atoms with Gasteiger partial charge in [0.25, 0.3) is 11.8 Å². The SMILES string of the molecule is CO/N=C(\C(=O)N[C@@H]1C(=O)N2C(C(=O)OC(C)OC(=O)OC(C)C)=CCS[C@H]12)c1csc(N)n1. The fraction of sp³-hybridized carbons (Fsp3) is 0.474. The predicted octanol–water partition coefficient (Wildman–Crippen LogP) is 0.810. The maximum Gasteiger partial charge on any atom is 0.511 e. The Morgan fingerprint density at radius 2 is 2.00 bits per heavy atom. The molecule has 3 atom stereocenters. The van der Waals surface area contributed by atoms with Gasteiger partial charge in [-0.1, -0.05) is 5.16 Å². The Labute approximate surface area is 202 Å². The number of carbonyl (C=O) groups is 4. The van der Waals surface area contributed by atoms with Crippen LogP contribution in [0.1, 0.15) is 26.5 Å². The highest BCUT2D eigenvalue weighted by molar-refractivity contribution is 8.00. The maximum atomic E-state index is 12.8. The van der Waals surface area contributed by atoms with Gasteiger partial charge < -0.3 is 30.1 Å². The predicted molar refractivity (Wildman–Crippen MR) is 121 cm³/mol. The van der Waals surface area contributed by atoms with Crippen molar-refractivity contribution in [3.63, 3.8) is 0 Å². The molecule has 15 heteroatoms. The number of ether oxygens (including phenoxy) is 3. The van der Waals surface area contributed by atoms with Gasteiger partial charge in [0.15, 0.2) is 10.8 Å². The number of nitrogens with two attached hydrogens (primary N) is 1. The van der Waals surface area contributed by atoms with E-state index in [0.717, 1.165) is 11.3 Å². The number of hydrogen-bond donors (Lipinski definition) is 2. The summed E-state index contributed by atoms with van der Waals surface area (Å²) < 4.78 is 14.8. The highest BCUT2D eigenvalue weighted by atomic mass is 32.2. The van der Waals surface area contributed by atoms with E-state index in [1.165, 1.54) is 42.2 Å². The van der Waals surface area contributed by atoms with E-state index in [0.29, 0.717) is 5.75 Å². The molecule has 34 heavy (non-hydrogen) atoms. The van der Waals surface area contributed by atoms with Crippen LogP contribution < -0.4 is 11.1 Å². The fourth-order valence-corrected chi connectivity index (χ4v) is 4.76. The Bertz CT molecular complexity index is 1040. The summed E-state index contributed by atoms with van der Waals surface area (Å²) in [6, 6.07) is -0.915. The van der Waals surface area contributed by atoms with Crippen LogP contribution in [0.2, 0.25) is 0 Å². The lowest BCUT2D eigenvalue weighted by molar-refractivity contribution is -0.169. The molecule has 3 heterocycles. The summed E-state index contributed by atoms with van der Waals surface area (Å²) in [6.07, 6.45) is -1.10. The molecule has 1 unspecified atom stereocenters. The summed E-state index contributed by atoms with van der Waals surface area (Å²) in [5.74, 6) is -1.67. The molecule has 0 aromatic carbocycles. The number of nitrogens with zero attached hydrogens (tertiary/aromatic N) is 3. The summed E-state index contributed by atoms with van der Waals surface area (Å²) in [5, 5.41) is 7.52. The third kappa shape index (κ3) is 5.59. The number of anilines is 1. The number of thiazole rings is 1. The number of rotatable bonds is 8. The van der Waals surface area contributed by atoms with Crippen molar-refractivity contribution in [2.45, 2.75) is 44.6 Å². The zero-order valence-corrected chi connectivity index (χ0v) is 20.3. The molecule has 2 aliphatic rings. The summed E-state index contributed by atoms with van der Waals surface area (Å²) in [6.45, 7) is 4.63. The lowest BCUT2D eigenvalue weighted by Gasteiger charge is -2.48. The molecular weight excluding hydrogens is 490 g/mol. The molecule has 2 aliphatic heterocycles. The van der Waals surface area contributed by atoms with Gasteiger partial charge in [-0.2, -0.15) is 0 Å². The Morgan fingerprint density at radius 3 is 2.62 bits per heavy atom. The summed E-state index contributed by atoms with van der Waals surface area (Å²) in [5.41, 5.74) is 5.67. The van der Waals surface area contributed by atoms with Crippen LogP contribution in [0.3, 0.4) is 0 Å². The monoisotopic (exact) mass is 513 g/mol. The van der Waals surface area contributed by atoms with Gasteiger partial charge in [0.2, 0.25) is 6.29 Å². The molecule has 1 saturated heterocycles. The molecule has 0 aliphatic carbocycles. The van der Waals surface area contributed by atoms with Gasteiger partial charge >= 0.3 is 12.1 Å². The average Bonchev–Trinajstić information content (AvgIpc) is 3.19. The quantitative estimate of drug-likeness (QED) is 0.166. The number of hydrogen-bond acceptors (Lipinski definition) is 13. The van der Waals surface area contributed by atoms with Crippen molar-refractivity contribution in [1.29, 1.82) is 0 Å². The van der Waals surface area contributed by atoms with Crippen LogP contribution in [0.25, 0.3) is 0 Å². The van der Waals surface area contributed by atoms with E-state index in [1.807, 2.05) is 0 Å². The zero-order chi connectivity index (χ0) is 25.0. The Morgan fingerprint density at radius 1 is 1.26 bits per heavy atom. The van der Waals surface area contributed by atoms with E-state index in [-0.39, 0.29) is 22.2 Å². The molecular formula is C19H23N5O8S2. The lowest BCUT2D eigenvalue weighted by atomic mass is 10.0. The molecule has 3 N–H and O–H groups in total. The standard InChI is InChI=1S/C19H23N5O8S2/c1-8(2)30-19(28)32-9(3)31-17(27)11-5-6-33-16-13(15(26)24(11)16)22-14(25)12(23-29-4)10-7-34-18(20)21-10/h5,7-9,13,16H,6H2,1-4H3,(H2,20,21)(H,22,25)/b23-12-/t9?,13-,16-/m1/s1. The summed E-state index contributed by atoms with van der Waals surface area (Å²) >= 11 is 2.47. The fourth-order valence-electron chi connectivity index (χ4n) is 3.02. The van der Waals surface area contributed by atoms with Gasteiger partial charge in [-0.15, -0.1) is 23.1 Å². The Hall–Kier alpha value is -3.33. The van der Waals surface area contributed by atoms with Crippen LogP contribution in [-0.4, -0.2) is 76.2 Å². The van der Waals surface area contributed by atoms with E-state index in [4.69, 9.17) is 24.8 Å². The third-order valence-corrected chi connectivity index (χ3v) is 6.23. The molecule has 0 radical (unpaired) electrons. The van der Waals surface area contributed by atoms with Gasteiger partial charge in [-0.25, -0.2) is 14.6 Å². The maximum absolute atomic E-state index is 12.8. The number of nitrogen functional groups attached to an aromatic ring is 1. The molecule has 0 saturated carbocycles. The molecule has 0 spiro atoms.